The molecule has 0 aliphatic heterocycles. The van der Waals surface area contributed by atoms with Gasteiger partial charge in [-0.2, -0.15) is 5.26 Å². The number of rotatable bonds is 2. The molecule has 0 spiro atoms. The minimum Gasteiger partial charge on any atom is -0.455 e. The van der Waals surface area contributed by atoms with Crippen LogP contribution in [0, 0.1) is 17.9 Å². The summed E-state index contributed by atoms with van der Waals surface area (Å²) in [5.41, 5.74) is 7.16. The van der Waals surface area contributed by atoms with E-state index in [4.69, 9.17) is 11.0 Å². The summed E-state index contributed by atoms with van der Waals surface area (Å²) in [6.45, 7) is 7.81. The molecule has 4 heteroatoms. The number of furan rings is 1. The van der Waals surface area contributed by atoms with Crippen LogP contribution in [0.5, 0.6) is 0 Å². The van der Waals surface area contributed by atoms with E-state index in [9.17, 15) is 5.26 Å². The molecule has 4 nitrogen and oxygen atoms in total. The number of nitriles is 1. The van der Waals surface area contributed by atoms with Gasteiger partial charge in [0.2, 0.25) is 5.69 Å². The van der Waals surface area contributed by atoms with Crippen molar-refractivity contribution in [1.29, 1.82) is 5.26 Å². The third kappa shape index (κ3) is 2.73. The minimum atomic E-state index is 0.435. The van der Waals surface area contributed by atoms with Crippen molar-refractivity contribution in [1.82, 2.24) is 4.57 Å². The molecule has 0 radical (unpaired) electrons. The smallest absolute Gasteiger partial charge is 0.211 e. The monoisotopic (exact) mass is 459 g/mol. The first-order chi connectivity index (χ1) is 17.8. The SMILES string of the molecule is [C-]#[N+]c1cccc(C#N)c1-n1c2ccc(-c3ccccc3)cc2c2c3oc4ccccc4c3ccc21. The van der Waals surface area contributed by atoms with Crippen LogP contribution in [0.2, 0.25) is 0 Å². The molecule has 0 N–H and O–H groups in total. The predicted octanol–water partition coefficient (Wildman–Crippen LogP) is 8.77. The number of hydrogen-bond acceptors (Lipinski definition) is 2. The van der Waals surface area contributed by atoms with Gasteiger partial charge in [-0.25, -0.2) is 4.85 Å². The van der Waals surface area contributed by atoms with Crippen molar-refractivity contribution >= 4 is 49.4 Å². The summed E-state index contributed by atoms with van der Waals surface area (Å²) >= 11 is 0. The van der Waals surface area contributed by atoms with Crippen LogP contribution in [0.25, 0.3) is 65.4 Å². The maximum absolute atomic E-state index is 9.96. The predicted molar refractivity (Wildman–Crippen MR) is 144 cm³/mol. The topological polar surface area (TPSA) is 46.2 Å². The van der Waals surface area contributed by atoms with E-state index < -0.39 is 0 Å². The first kappa shape index (κ1) is 20.1. The molecule has 0 saturated carbocycles. The third-order valence-electron chi connectivity index (χ3n) is 6.86. The van der Waals surface area contributed by atoms with Crippen molar-refractivity contribution < 1.29 is 4.42 Å². The summed E-state index contributed by atoms with van der Waals surface area (Å²) in [5.74, 6) is 0. The Kier molecular flexibility index (Phi) is 4.24. The van der Waals surface area contributed by atoms with Crippen molar-refractivity contribution in [2.45, 2.75) is 0 Å². The zero-order valence-corrected chi connectivity index (χ0v) is 19.1. The quantitative estimate of drug-likeness (QED) is 0.243. The summed E-state index contributed by atoms with van der Waals surface area (Å²) in [6.07, 6.45) is 0. The van der Waals surface area contributed by atoms with Crippen molar-refractivity contribution in [3.63, 3.8) is 0 Å². The summed E-state index contributed by atoms with van der Waals surface area (Å²) in [4.78, 5) is 3.77. The number of benzene rings is 5. The second-order valence-electron chi connectivity index (χ2n) is 8.76. The number of hydrogen-bond donors (Lipinski definition) is 0. The molecule has 0 amide bonds. The normalized spacial score (nSPS) is 11.3. The van der Waals surface area contributed by atoms with Gasteiger partial charge in [0, 0.05) is 16.2 Å². The van der Waals surface area contributed by atoms with Crippen LogP contribution in [0.15, 0.2) is 108 Å². The first-order valence-electron chi connectivity index (χ1n) is 11.6. The average Bonchev–Trinajstić information content (AvgIpc) is 3.48. The van der Waals surface area contributed by atoms with Crippen molar-refractivity contribution in [2.24, 2.45) is 0 Å². The van der Waals surface area contributed by atoms with Gasteiger partial charge in [0.1, 0.15) is 11.2 Å². The fourth-order valence-electron chi connectivity index (χ4n) is 5.28. The van der Waals surface area contributed by atoms with Crippen LogP contribution in [0.1, 0.15) is 5.56 Å². The molecule has 0 aliphatic carbocycles. The molecule has 0 bridgehead atoms. The van der Waals surface area contributed by atoms with Crippen LogP contribution in [-0.2, 0) is 0 Å². The Balaban J connectivity index is 1.71. The molecule has 5 aromatic carbocycles. The lowest BCUT2D eigenvalue weighted by molar-refractivity contribution is 0.673. The van der Waals surface area contributed by atoms with E-state index in [0.29, 0.717) is 16.9 Å². The van der Waals surface area contributed by atoms with E-state index in [0.717, 1.165) is 54.9 Å². The molecule has 0 fully saturated rings. The van der Waals surface area contributed by atoms with Crippen LogP contribution < -0.4 is 0 Å². The molecule has 7 aromatic rings. The zero-order valence-electron chi connectivity index (χ0n) is 19.1. The molecule has 0 atom stereocenters. The van der Waals surface area contributed by atoms with Gasteiger partial charge in [-0.1, -0.05) is 66.7 Å². The van der Waals surface area contributed by atoms with E-state index in [-0.39, 0.29) is 0 Å². The molecule has 2 heterocycles. The number of fused-ring (bicyclic) bond motifs is 7. The average molecular weight is 460 g/mol. The van der Waals surface area contributed by atoms with E-state index in [1.165, 1.54) is 0 Å². The lowest BCUT2D eigenvalue weighted by Gasteiger charge is -2.12. The highest BCUT2D eigenvalue weighted by Crippen LogP contribution is 2.43. The molecule has 0 aliphatic rings. The lowest BCUT2D eigenvalue weighted by Crippen LogP contribution is -1.97. The Labute approximate surface area is 206 Å². The van der Waals surface area contributed by atoms with E-state index in [2.05, 4.69) is 59.4 Å². The second-order valence-corrected chi connectivity index (χ2v) is 8.76. The Morgan fingerprint density at radius 2 is 1.53 bits per heavy atom. The highest BCUT2D eigenvalue weighted by atomic mass is 16.3. The van der Waals surface area contributed by atoms with Gasteiger partial charge >= 0.3 is 0 Å². The molecular formula is C32H17N3O. The van der Waals surface area contributed by atoms with Gasteiger partial charge < -0.3 is 8.98 Å². The van der Waals surface area contributed by atoms with Gasteiger partial charge in [0.15, 0.2) is 0 Å². The summed E-state index contributed by atoms with van der Waals surface area (Å²) in [7, 11) is 0. The van der Waals surface area contributed by atoms with Gasteiger partial charge in [-0.05, 0) is 47.5 Å². The number of aromatic nitrogens is 1. The number of para-hydroxylation sites is 2. The zero-order chi connectivity index (χ0) is 24.2. The van der Waals surface area contributed by atoms with Crippen molar-refractivity contribution in [3.05, 3.63) is 120 Å². The van der Waals surface area contributed by atoms with Crippen LogP contribution in [-0.4, -0.2) is 4.57 Å². The molecule has 0 unspecified atom stereocenters. The van der Waals surface area contributed by atoms with Crippen molar-refractivity contribution in [2.75, 3.05) is 0 Å². The lowest BCUT2D eigenvalue weighted by atomic mass is 10.0. The Hall–Kier alpha value is -5.32. The largest absolute Gasteiger partial charge is 0.455 e. The Morgan fingerprint density at radius 1 is 0.722 bits per heavy atom. The highest BCUT2D eigenvalue weighted by molar-refractivity contribution is 6.24. The maximum atomic E-state index is 9.96. The van der Waals surface area contributed by atoms with Gasteiger partial charge in [0.25, 0.3) is 0 Å². The van der Waals surface area contributed by atoms with Crippen LogP contribution in [0.3, 0.4) is 0 Å². The van der Waals surface area contributed by atoms with Crippen molar-refractivity contribution in [3.8, 4) is 22.9 Å². The fourth-order valence-corrected chi connectivity index (χ4v) is 5.28. The van der Waals surface area contributed by atoms with Gasteiger partial charge in [-0.3, -0.25) is 0 Å². The van der Waals surface area contributed by atoms with Gasteiger partial charge in [-0.15, -0.1) is 0 Å². The molecule has 0 saturated heterocycles. The Morgan fingerprint density at radius 3 is 2.36 bits per heavy atom. The van der Waals surface area contributed by atoms with Gasteiger partial charge in [0.05, 0.1) is 40.3 Å². The summed E-state index contributed by atoms with van der Waals surface area (Å²) in [5, 5.41) is 14.0. The standard InChI is InChI=1S/C32H17N3O/c1-34-26-12-7-10-22(19-33)31(26)35-27-16-14-21(20-8-3-2-4-9-20)18-25(27)30-28(35)17-15-24-23-11-5-6-13-29(23)36-32(24)30/h2-18H. The second kappa shape index (κ2) is 7.60. The maximum Gasteiger partial charge on any atom is 0.211 e. The summed E-state index contributed by atoms with van der Waals surface area (Å²) in [6, 6.07) is 36.4. The molecule has 2 aromatic heterocycles. The van der Waals surface area contributed by atoms with E-state index in [1.54, 1.807) is 18.2 Å². The van der Waals surface area contributed by atoms with Crippen LogP contribution in [0.4, 0.5) is 5.69 Å². The van der Waals surface area contributed by atoms with E-state index in [1.807, 2.05) is 41.0 Å². The number of nitrogens with zero attached hydrogens (tertiary/aromatic N) is 3. The Bertz CT molecular complexity index is 2030. The van der Waals surface area contributed by atoms with Crippen LogP contribution >= 0.6 is 0 Å². The fraction of sp³-hybridized carbons (Fsp3) is 0. The first-order valence-corrected chi connectivity index (χ1v) is 11.6. The van der Waals surface area contributed by atoms with E-state index >= 15 is 0 Å². The summed E-state index contributed by atoms with van der Waals surface area (Å²) < 4.78 is 8.48. The minimum absolute atomic E-state index is 0.435. The molecule has 7 rings (SSSR count). The molecule has 166 valence electrons. The highest BCUT2D eigenvalue weighted by Gasteiger charge is 2.22. The molecular weight excluding hydrogens is 442 g/mol. The molecule has 36 heavy (non-hydrogen) atoms. The third-order valence-corrected chi connectivity index (χ3v) is 6.86.